The average molecular weight is 416 g/mol. The van der Waals surface area contributed by atoms with E-state index >= 15 is 0 Å². The molecule has 0 aliphatic rings. The number of thiazole rings is 2. The van der Waals surface area contributed by atoms with E-state index in [1.807, 2.05) is 41.1 Å². The molecule has 0 N–H and O–H groups in total. The third-order valence-corrected chi connectivity index (χ3v) is 5.83. The van der Waals surface area contributed by atoms with E-state index in [-0.39, 0.29) is 5.69 Å². The lowest BCUT2D eigenvalue weighted by Gasteiger charge is -1.96. The Bertz CT molecular complexity index is 1250. The largest absolute Gasteiger partial charge is 0.270 e. The van der Waals surface area contributed by atoms with Crippen LogP contribution >= 0.6 is 22.7 Å². The zero-order chi connectivity index (χ0) is 20.2. The van der Waals surface area contributed by atoms with E-state index in [4.69, 9.17) is 0 Å². The highest BCUT2D eigenvalue weighted by atomic mass is 32.1. The Balaban J connectivity index is 1.62. The first-order chi connectivity index (χ1) is 14.1. The van der Waals surface area contributed by atoms with Crippen molar-refractivity contribution in [3.63, 3.8) is 0 Å². The maximum Gasteiger partial charge on any atom is 0.270 e. The van der Waals surface area contributed by atoms with E-state index in [1.165, 1.54) is 34.8 Å². The zero-order valence-corrected chi connectivity index (χ0v) is 16.5. The molecule has 2 aromatic heterocycles. The lowest BCUT2D eigenvalue weighted by molar-refractivity contribution is -0.384. The lowest BCUT2D eigenvalue weighted by atomic mass is 10.2. The molecular weight excluding hydrogens is 404 g/mol. The maximum absolute atomic E-state index is 11.0. The van der Waals surface area contributed by atoms with Crippen molar-refractivity contribution in [2.75, 3.05) is 0 Å². The fraction of sp³-hybridized carbons (Fsp3) is 0. The minimum Gasteiger partial charge on any atom is -0.258 e. The van der Waals surface area contributed by atoms with Crippen molar-refractivity contribution in [2.45, 2.75) is 0 Å². The third-order valence-electron chi connectivity index (χ3n) is 4.04. The molecule has 140 valence electrons. The fourth-order valence-corrected chi connectivity index (χ4v) is 4.24. The van der Waals surface area contributed by atoms with Crippen LogP contribution in [0.1, 0.15) is 10.7 Å². The molecule has 6 nitrogen and oxygen atoms in total. The van der Waals surface area contributed by atoms with Crippen molar-refractivity contribution in [3.05, 3.63) is 86.2 Å². The van der Waals surface area contributed by atoms with Crippen molar-refractivity contribution < 1.29 is 4.92 Å². The quantitative estimate of drug-likeness (QED) is 0.229. The van der Waals surface area contributed by atoms with Gasteiger partial charge in [0.05, 0.1) is 21.9 Å². The summed E-state index contributed by atoms with van der Waals surface area (Å²) < 4.78 is 0. The van der Waals surface area contributed by atoms with Gasteiger partial charge in [0, 0.05) is 34.0 Å². The molecule has 0 bridgehead atoms. The van der Waals surface area contributed by atoms with E-state index < -0.39 is 4.92 Å². The van der Waals surface area contributed by atoms with Crippen LogP contribution in [0.25, 0.3) is 33.5 Å². The Morgan fingerprint density at radius 2 is 1.83 bits per heavy atom. The van der Waals surface area contributed by atoms with Gasteiger partial charge in [0.25, 0.3) is 5.69 Å². The standard InChI is InChI=1S/C21H12N4O2S2/c22-11-16(21-24-19(13-29-21)14-5-2-1-3-6-14)9-17-12-28-20(23-17)15-7-4-8-18(10-15)25(26)27/h1-10,12-13H/b16-9+. The molecule has 0 saturated carbocycles. The van der Waals surface area contributed by atoms with Gasteiger partial charge in [-0.1, -0.05) is 42.5 Å². The van der Waals surface area contributed by atoms with Crippen LogP contribution in [0, 0.1) is 21.4 Å². The molecule has 4 rings (SSSR count). The van der Waals surface area contributed by atoms with Crippen molar-refractivity contribution >= 4 is 40.0 Å². The molecule has 0 aliphatic heterocycles. The smallest absolute Gasteiger partial charge is 0.258 e. The predicted octanol–water partition coefficient (Wildman–Crippen LogP) is 5.91. The molecule has 2 aromatic carbocycles. The molecule has 2 heterocycles. The number of benzene rings is 2. The number of allylic oxidation sites excluding steroid dienone is 1. The van der Waals surface area contributed by atoms with Crippen LogP contribution in [-0.2, 0) is 0 Å². The minimum atomic E-state index is -0.432. The first-order valence-corrected chi connectivity index (χ1v) is 10.2. The molecule has 0 saturated heterocycles. The van der Waals surface area contributed by atoms with Crippen molar-refractivity contribution in [3.8, 4) is 27.9 Å². The monoisotopic (exact) mass is 416 g/mol. The lowest BCUT2D eigenvalue weighted by Crippen LogP contribution is -1.88. The van der Waals surface area contributed by atoms with Gasteiger partial charge in [0.15, 0.2) is 0 Å². The number of nitriles is 1. The van der Waals surface area contributed by atoms with Crippen LogP contribution in [0.4, 0.5) is 5.69 Å². The summed E-state index contributed by atoms with van der Waals surface area (Å²) in [5.41, 5.74) is 3.54. The van der Waals surface area contributed by atoms with Crippen LogP contribution in [0.2, 0.25) is 0 Å². The third kappa shape index (κ3) is 4.11. The molecule has 8 heteroatoms. The summed E-state index contributed by atoms with van der Waals surface area (Å²) in [4.78, 5) is 19.6. The SMILES string of the molecule is N#C/C(=C\c1csc(-c2cccc([N+](=O)[O-])c2)n1)c1nc(-c2ccccc2)cs1. The Morgan fingerprint density at radius 1 is 1.03 bits per heavy atom. The van der Waals surface area contributed by atoms with E-state index in [0.29, 0.717) is 26.8 Å². The Hall–Kier alpha value is -3.67. The molecule has 0 amide bonds. The Labute approximate surface area is 174 Å². The van der Waals surface area contributed by atoms with Crippen LogP contribution < -0.4 is 0 Å². The van der Waals surface area contributed by atoms with E-state index in [1.54, 1.807) is 18.2 Å². The highest BCUT2D eigenvalue weighted by molar-refractivity contribution is 7.13. The number of rotatable bonds is 5. The van der Waals surface area contributed by atoms with Gasteiger partial charge in [-0.25, -0.2) is 9.97 Å². The second-order valence-electron chi connectivity index (χ2n) is 5.96. The molecule has 0 aliphatic carbocycles. The van der Waals surface area contributed by atoms with E-state index in [9.17, 15) is 15.4 Å². The molecule has 0 atom stereocenters. The Kier molecular flexibility index (Phi) is 5.24. The highest BCUT2D eigenvalue weighted by Gasteiger charge is 2.12. The summed E-state index contributed by atoms with van der Waals surface area (Å²) >= 11 is 2.77. The second kappa shape index (κ2) is 8.14. The maximum atomic E-state index is 11.0. The first kappa shape index (κ1) is 18.7. The van der Waals surface area contributed by atoms with Gasteiger partial charge in [-0.15, -0.1) is 22.7 Å². The van der Waals surface area contributed by atoms with Crippen molar-refractivity contribution in [2.24, 2.45) is 0 Å². The van der Waals surface area contributed by atoms with Crippen molar-refractivity contribution in [1.82, 2.24) is 9.97 Å². The normalized spacial score (nSPS) is 11.2. The number of non-ortho nitro benzene ring substituents is 1. The van der Waals surface area contributed by atoms with Gasteiger partial charge in [-0.05, 0) is 6.08 Å². The number of nitro benzene ring substituents is 1. The summed E-state index contributed by atoms with van der Waals surface area (Å²) in [6, 6.07) is 18.3. The molecular formula is C21H12N4O2S2. The molecule has 0 fully saturated rings. The summed E-state index contributed by atoms with van der Waals surface area (Å²) in [7, 11) is 0. The number of nitro groups is 1. The summed E-state index contributed by atoms with van der Waals surface area (Å²) in [5.74, 6) is 0. The van der Waals surface area contributed by atoms with E-state index in [2.05, 4.69) is 16.0 Å². The number of aromatic nitrogens is 2. The number of hydrogen-bond donors (Lipinski definition) is 0. The number of hydrogen-bond acceptors (Lipinski definition) is 7. The molecule has 29 heavy (non-hydrogen) atoms. The van der Waals surface area contributed by atoms with Gasteiger partial charge in [0.2, 0.25) is 0 Å². The van der Waals surface area contributed by atoms with Gasteiger partial charge in [-0.2, -0.15) is 5.26 Å². The number of nitrogens with zero attached hydrogens (tertiary/aromatic N) is 4. The summed E-state index contributed by atoms with van der Waals surface area (Å²) in [6.45, 7) is 0. The molecule has 0 spiro atoms. The topological polar surface area (TPSA) is 92.7 Å². The Morgan fingerprint density at radius 3 is 2.59 bits per heavy atom. The summed E-state index contributed by atoms with van der Waals surface area (Å²) in [5, 5.41) is 25.6. The summed E-state index contributed by atoms with van der Waals surface area (Å²) in [6.07, 6.45) is 1.69. The molecule has 4 aromatic rings. The van der Waals surface area contributed by atoms with Gasteiger partial charge in [-0.3, -0.25) is 10.1 Å². The van der Waals surface area contributed by atoms with E-state index in [0.717, 1.165) is 11.3 Å². The average Bonchev–Trinajstić information content (AvgIpc) is 3.43. The van der Waals surface area contributed by atoms with Gasteiger partial charge < -0.3 is 0 Å². The van der Waals surface area contributed by atoms with Crippen LogP contribution in [0.15, 0.2) is 65.4 Å². The van der Waals surface area contributed by atoms with Crippen molar-refractivity contribution in [1.29, 1.82) is 5.26 Å². The van der Waals surface area contributed by atoms with Crippen LogP contribution in [-0.4, -0.2) is 14.9 Å². The second-order valence-corrected chi connectivity index (χ2v) is 7.67. The van der Waals surface area contributed by atoms with Crippen LogP contribution in [0.5, 0.6) is 0 Å². The van der Waals surface area contributed by atoms with Gasteiger partial charge in [0.1, 0.15) is 16.1 Å². The van der Waals surface area contributed by atoms with Gasteiger partial charge >= 0.3 is 0 Å². The molecule has 0 unspecified atom stereocenters. The first-order valence-electron chi connectivity index (χ1n) is 8.47. The highest BCUT2D eigenvalue weighted by Crippen LogP contribution is 2.30. The minimum absolute atomic E-state index is 0.0173. The zero-order valence-electron chi connectivity index (χ0n) is 14.9. The predicted molar refractivity (Wildman–Crippen MR) is 115 cm³/mol. The fourth-order valence-electron chi connectivity index (χ4n) is 2.67. The molecule has 0 radical (unpaired) electrons. The van der Waals surface area contributed by atoms with Crippen LogP contribution in [0.3, 0.4) is 0 Å².